The van der Waals surface area contributed by atoms with Gasteiger partial charge < -0.3 is 4.74 Å². The lowest BCUT2D eigenvalue weighted by molar-refractivity contribution is -0.165. The van der Waals surface area contributed by atoms with Crippen molar-refractivity contribution < 1.29 is 19.1 Å². The maximum absolute atomic E-state index is 12.5. The Labute approximate surface area is 155 Å². The van der Waals surface area contributed by atoms with Crippen LogP contribution in [0.2, 0.25) is 0 Å². The molecule has 4 nitrogen and oxygen atoms in total. The van der Waals surface area contributed by atoms with Gasteiger partial charge in [-0.15, -0.1) is 0 Å². The van der Waals surface area contributed by atoms with Crippen molar-refractivity contribution in [3.05, 3.63) is 11.6 Å². The van der Waals surface area contributed by atoms with Gasteiger partial charge in [-0.3, -0.25) is 14.4 Å². The van der Waals surface area contributed by atoms with Crippen LogP contribution in [0.5, 0.6) is 0 Å². The van der Waals surface area contributed by atoms with Gasteiger partial charge >= 0.3 is 11.9 Å². The van der Waals surface area contributed by atoms with Crippen molar-refractivity contribution in [3.8, 4) is 0 Å². The molecule has 3 saturated carbocycles. The average molecular weight is 358 g/mol. The lowest BCUT2D eigenvalue weighted by Gasteiger charge is -2.57. The van der Waals surface area contributed by atoms with Gasteiger partial charge in [-0.25, -0.2) is 0 Å². The number of hydrogen-bond donors (Lipinski definition) is 0. The number of esters is 2. The van der Waals surface area contributed by atoms with Crippen LogP contribution in [0.3, 0.4) is 0 Å². The molecule has 4 aliphatic rings. The molecule has 142 valence electrons. The SMILES string of the molecule is CC(=O)OC(=O)C1CCC2C3CCC4=CC(=O)CCC4(C)C3CCC12C. The van der Waals surface area contributed by atoms with Gasteiger partial charge in [-0.2, -0.15) is 0 Å². The molecule has 4 rings (SSSR count). The summed E-state index contributed by atoms with van der Waals surface area (Å²) in [6.45, 7) is 5.94. The quantitative estimate of drug-likeness (QED) is 0.520. The lowest BCUT2D eigenvalue weighted by Crippen LogP contribution is -2.51. The summed E-state index contributed by atoms with van der Waals surface area (Å²) in [5.41, 5.74) is 1.50. The molecule has 0 spiro atoms. The fraction of sp³-hybridized carbons (Fsp3) is 0.773. The number of ether oxygens (including phenoxy) is 1. The zero-order valence-corrected chi connectivity index (χ0v) is 16.2. The van der Waals surface area contributed by atoms with Crippen LogP contribution in [-0.4, -0.2) is 17.7 Å². The minimum absolute atomic E-state index is 0.0459. The Kier molecular flexibility index (Phi) is 4.16. The molecule has 0 bridgehead atoms. The zero-order valence-electron chi connectivity index (χ0n) is 16.2. The molecule has 0 aromatic rings. The number of fused-ring (bicyclic) bond motifs is 5. The van der Waals surface area contributed by atoms with Gasteiger partial charge in [0.2, 0.25) is 0 Å². The van der Waals surface area contributed by atoms with Crippen LogP contribution in [0.4, 0.5) is 0 Å². The van der Waals surface area contributed by atoms with Crippen molar-refractivity contribution >= 4 is 17.7 Å². The lowest BCUT2D eigenvalue weighted by atomic mass is 9.47. The molecule has 26 heavy (non-hydrogen) atoms. The molecule has 0 aliphatic heterocycles. The smallest absolute Gasteiger partial charge is 0.317 e. The highest BCUT2D eigenvalue weighted by Crippen LogP contribution is 2.66. The van der Waals surface area contributed by atoms with E-state index in [4.69, 9.17) is 4.74 Å². The molecule has 4 aliphatic carbocycles. The first-order chi connectivity index (χ1) is 12.3. The van der Waals surface area contributed by atoms with Gasteiger partial charge in [-0.1, -0.05) is 19.4 Å². The van der Waals surface area contributed by atoms with Crippen molar-refractivity contribution in [2.24, 2.45) is 34.5 Å². The second-order valence-electron chi connectivity index (χ2n) is 9.56. The third-order valence-electron chi connectivity index (χ3n) is 8.49. The fourth-order valence-electron chi connectivity index (χ4n) is 7.16. The maximum Gasteiger partial charge on any atom is 0.317 e. The highest BCUT2D eigenvalue weighted by atomic mass is 16.6. The van der Waals surface area contributed by atoms with Gasteiger partial charge in [0.05, 0.1) is 5.92 Å². The van der Waals surface area contributed by atoms with Crippen molar-refractivity contribution in [3.63, 3.8) is 0 Å². The summed E-state index contributed by atoms with van der Waals surface area (Å²) in [5.74, 6) is 1.12. The van der Waals surface area contributed by atoms with Crippen LogP contribution in [0.15, 0.2) is 11.6 Å². The Morgan fingerprint density at radius 3 is 2.54 bits per heavy atom. The largest absolute Gasteiger partial charge is 0.393 e. The Hall–Kier alpha value is -1.45. The van der Waals surface area contributed by atoms with Crippen LogP contribution in [0.1, 0.15) is 72.1 Å². The molecule has 0 N–H and O–H groups in total. The summed E-state index contributed by atoms with van der Waals surface area (Å²) in [7, 11) is 0. The van der Waals surface area contributed by atoms with Gasteiger partial charge in [0.1, 0.15) is 0 Å². The van der Waals surface area contributed by atoms with E-state index in [1.165, 1.54) is 12.5 Å². The van der Waals surface area contributed by atoms with Crippen LogP contribution in [0, 0.1) is 34.5 Å². The fourth-order valence-corrected chi connectivity index (χ4v) is 7.16. The Morgan fingerprint density at radius 2 is 1.81 bits per heavy atom. The predicted octanol–water partition coefficient (Wildman–Crippen LogP) is 4.22. The molecule has 0 saturated heterocycles. The van der Waals surface area contributed by atoms with Crippen molar-refractivity contribution in [1.29, 1.82) is 0 Å². The molecule has 4 heteroatoms. The number of ketones is 1. The van der Waals surface area contributed by atoms with E-state index in [1.807, 2.05) is 6.08 Å². The Balaban J connectivity index is 1.60. The number of allylic oxidation sites excluding steroid dienone is 1. The van der Waals surface area contributed by atoms with Gasteiger partial charge in [0, 0.05) is 13.3 Å². The highest BCUT2D eigenvalue weighted by Gasteiger charge is 2.60. The van der Waals surface area contributed by atoms with Crippen LogP contribution < -0.4 is 0 Å². The van der Waals surface area contributed by atoms with E-state index in [9.17, 15) is 14.4 Å². The molecule has 0 radical (unpaired) electrons. The normalized spacial score (nSPS) is 44.4. The Morgan fingerprint density at radius 1 is 1.04 bits per heavy atom. The van der Waals surface area contributed by atoms with Gasteiger partial charge in [0.25, 0.3) is 0 Å². The van der Waals surface area contributed by atoms with E-state index in [0.29, 0.717) is 30.0 Å². The highest BCUT2D eigenvalue weighted by molar-refractivity contribution is 5.91. The monoisotopic (exact) mass is 358 g/mol. The average Bonchev–Trinajstić information content (AvgIpc) is 2.92. The number of carbonyl (C=O) groups is 3. The van der Waals surface area contributed by atoms with Gasteiger partial charge in [0.15, 0.2) is 5.78 Å². The number of carbonyl (C=O) groups excluding carboxylic acids is 3. The van der Waals surface area contributed by atoms with Crippen molar-refractivity contribution in [1.82, 2.24) is 0 Å². The molecule has 0 amide bonds. The maximum atomic E-state index is 12.5. The molecule has 0 aromatic carbocycles. The summed E-state index contributed by atoms with van der Waals surface area (Å²) in [4.78, 5) is 35.7. The summed E-state index contributed by atoms with van der Waals surface area (Å²) < 4.78 is 4.98. The van der Waals surface area contributed by atoms with Crippen LogP contribution >= 0.6 is 0 Å². The molecular weight excluding hydrogens is 328 g/mol. The summed E-state index contributed by atoms with van der Waals surface area (Å²) >= 11 is 0. The molecule has 6 atom stereocenters. The first-order valence-electron chi connectivity index (χ1n) is 10.2. The van der Waals surface area contributed by atoms with E-state index < -0.39 is 5.97 Å². The first kappa shape index (κ1) is 17.9. The van der Waals surface area contributed by atoms with Crippen molar-refractivity contribution in [2.45, 2.75) is 72.1 Å². The summed E-state index contributed by atoms with van der Waals surface area (Å²) in [6, 6.07) is 0. The third kappa shape index (κ3) is 2.51. The zero-order chi connectivity index (χ0) is 18.7. The van der Waals surface area contributed by atoms with E-state index >= 15 is 0 Å². The van der Waals surface area contributed by atoms with E-state index in [-0.39, 0.29) is 22.7 Å². The van der Waals surface area contributed by atoms with E-state index in [0.717, 1.165) is 44.9 Å². The molecule has 0 heterocycles. The topological polar surface area (TPSA) is 60.4 Å². The molecule has 0 aromatic heterocycles. The summed E-state index contributed by atoms with van der Waals surface area (Å²) in [5, 5.41) is 0. The van der Waals surface area contributed by atoms with Gasteiger partial charge in [-0.05, 0) is 79.6 Å². The molecule has 6 unspecified atom stereocenters. The summed E-state index contributed by atoms with van der Waals surface area (Å²) in [6.07, 6.45) is 9.80. The Bertz CT molecular complexity index is 692. The van der Waals surface area contributed by atoms with Crippen LogP contribution in [0.25, 0.3) is 0 Å². The third-order valence-corrected chi connectivity index (χ3v) is 8.49. The number of hydrogen-bond acceptors (Lipinski definition) is 4. The minimum Gasteiger partial charge on any atom is -0.393 e. The predicted molar refractivity (Wildman–Crippen MR) is 97.0 cm³/mol. The van der Waals surface area contributed by atoms with Crippen molar-refractivity contribution in [2.75, 3.05) is 0 Å². The first-order valence-corrected chi connectivity index (χ1v) is 10.2. The molecule has 3 fully saturated rings. The second kappa shape index (κ2) is 6.03. The number of rotatable bonds is 1. The standard InChI is InChI=1S/C22H30O4/c1-13(23)26-20(25)19-7-6-17-16-5-4-14-12-15(24)8-10-21(14,2)18(16)9-11-22(17,19)3/h12,16-19H,4-11H2,1-3H3. The van der Waals surface area contributed by atoms with Crippen LogP contribution in [-0.2, 0) is 19.1 Å². The second-order valence-corrected chi connectivity index (χ2v) is 9.56. The van der Waals surface area contributed by atoms with E-state index in [1.54, 1.807) is 0 Å². The minimum atomic E-state index is -0.498. The molecular formula is C22H30O4. The van der Waals surface area contributed by atoms with E-state index in [2.05, 4.69) is 13.8 Å².